The summed E-state index contributed by atoms with van der Waals surface area (Å²) in [6, 6.07) is 6.64. The average molecular weight is 292 g/mol. The largest absolute Gasteiger partial charge is 0.480 e. The minimum Gasteiger partial charge on any atom is -0.480 e. The molecule has 1 atom stereocenters. The highest BCUT2D eigenvalue weighted by Gasteiger charge is 2.40. The van der Waals surface area contributed by atoms with Crippen LogP contribution in [0.3, 0.4) is 0 Å². The van der Waals surface area contributed by atoms with Crippen LogP contribution in [0.1, 0.15) is 31.7 Å². The number of carboxylic acids is 1. The van der Waals surface area contributed by atoms with E-state index in [1.165, 1.54) is 6.07 Å². The number of piperidine rings is 1. The molecule has 0 saturated carbocycles. The molecule has 2 rings (SSSR count). The third-order valence-electron chi connectivity index (χ3n) is 4.34. The van der Waals surface area contributed by atoms with Crippen LogP contribution in [-0.2, 0) is 11.2 Å². The summed E-state index contributed by atoms with van der Waals surface area (Å²) in [5, 5.41) is 20.5. The van der Waals surface area contributed by atoms with Gasteiger partial charge in [0, 0.05) is 18.2 Å². The van der Waals surface area contributed by atoms with E-state index in [4.69, 9.17) is 0 Å². The van der Waals surface area contributed by atoms with Crippen molar-refractivity contribution in [2.24, 2.45) is 0 Å². The van der Waals surface area contributed by atoms with Crippen molar-refractivity contribution in [1.29, 1.82) is 0 Å². The number of nitrogens with zero attached hydrogens (tertiary/aromatic N) is 2. The number of carbonyl (C=O) groups is 1. The average Bonchev–Trinajstić information content (AvgIpc) is 2.46. The normalized spacial score (nSPS) is 22.9. The molecule has 114 valence electrons. The molecule has 0 amide bonds. The molecule has 1 fully saturated rings. The molecule has 0 aromatic heterocycles. The van der Waals surface area contributed by atoms with E-state index in [1.54, 1.807) is 25.1 Å². The summed E-state index contributed by atoms with van der Waals surface area (Å²) in [6.07, 6.45) is 2.99. The second-order valence-corrected chi connectivity index (χ2v) is 5.66. The second-order valence-electron chi connectivity index (χ2n) is 5.66. The Kier molecular flexibility index (Phi) is 4.57. The van der Waals surface area contributed by atoms with Gasteiger partial charge in [-0.2, -0.15) is 0 Å². The fraction of sp³-hybridized carbons (Fsp3) is 0.533. The first-order chi connectivity index (χ1) is 9.95. The van der Waals surface area contributed by atoms with E-state index < -0.39 is 11.5 Å². The van der Waals surface area contributed by atoms with Gasteiger partial charge in [0.2, 0.25) is 0 Å². The van der Waals surface area contributed by atoms with Crippen LogP contribution in [-0.4, -0.2) is 39.5 Å². The van der Waals surface area contributed by atoms with Gasteiger partial charge >= 0.3 is 5.97 Å². The van der Waals surface area contributed by atoms with Gasteiger partial charge in [0.05, 0.1) is 4.92 Å². The first-order valence-corrected chi connectivity index (χ1v) is 7.16. The Bertz CT molecular complexity index is 546. The number of carboxylic acid groups (broad SMARTS) is 1. The molecule has 1 aromatic rings. The lowest BCUT2D eigenvalue weighted by Gasteiger charge is -2.41. The van der Waals surface area contributed by atoms with E-state index >= 15 is 0 Å². The maximum absolute atomic E-state index is 11.5. The highest BCUT2D eigenvalue weighted by atomic mass is 16.6. The molecule has 21 heavy (non-hydrogen) atoms. The van der Waals surface area contributed by atoms with Gasteiger partial charge in [-0.25, -0.2) is 0 Å². The van der Waals surface area contributed by atoms with Crippen molar-refractivity contribution in [3.63, 3.8) is 0 Å². The summed E-state index contributed by atoms with van der Waals surface area (Å²) in [6.45, 7) is 2.99. The zero-order chi connectivity index (χ0) is 15.5. The third-order valence-corrected chi connectivity index (χ3v) is 4.34. The van der Waals surface area contributed by atoms with Crippen molar-refractivity contribution < 1.29 is 14.8 Å². The van der Waals surface area contributed by atoms with Gasteiger partial charge in [-0.05, 0) is 39.2 Å². The third kappa shape index (κ3) is 3.21. The number of rotatable bonds is 5. The first-order valence-electron chi connectivity index (χ1n) is 7.16. The van der Waals surface area contributed by atoms with Gasteiger partial charge in [0.25, 0.3) is 5.69 Å². The highest BCUT2D eigenvalue weighted by Crippen LogP contribution is 2.29. The Labute approximate surface area is 123 Å². The number of hydrogen-bond donors (Lipinski definition) is 1. The highest BCUT2D eigenvalue weighted by molar-refractivity contribution is 5.78. The van der Waals surface area contributed by atoms with Crippen LogP contribution in [0.5, 0.6) is 0 Å². The van der Waals surface area contributed by atoms with Gasteiger partial charge in [0.15, 0.2) is 0 Å². The maximum Gasteiger partial charge on any atom is 0.323 e. The molecule has 0 spiro atoms. The van der Waals surface area contributed by atoms with Crippen LogP contribution in [0.2, 0.25) is 0 Å². The minimum absolute atomic E-state index is 0.103. The molecule has 1 aromatic carbocycles. The Morgan fingerprint density at radius 3 is 2.81 bits per heavy atom. The van der Waals surface area contributed by atoms with Crippen molar-refractivity contribution in [3.8, 4) is 0 Å². The van der Waals surface area contributed by atoms with E-state index in [-0.39, 0.29) is 10.6 Å². The number of nitro groups is 1. The molecule has 6 heteroatoms. The first kappa shape index (κ1) is 15.4. The standard InChI is InChI=1S/C15H20N2O4/c1-15(14(18)19)9-4-5-10-16(15)11-8-12-6-2-3-7-13(12)17(20)21/h2-3,6-7H,4-5,8-11H2,1H3,(H,18,19). The number of nitro benzene ring substituents is 1. The zero-order valence-electron chi connectivity index (χ0n) is 12.1. The fourth-order valence-corrected chi connectivity index (χ4v) is 2.93. The van der Waals surface area contributed by atoms with Crippen molar-refractivity contribution in [2.45, 2.75) is 38.1 Å². The van der Waals surface area contributed by atoms with Crippen LogP contribution in [0, 0.1) is 10.1 Å². The quantitative estimate of drug-likeness (QED) is 0.665. The molecule has 0 aliphatic carbocycles. The van der Waals surface area contributed by atoms with Crippen molar-refractivity contribution >= 4 is 11.7 Å². The molecule has 0 radical (unpaired) electrons. The molecule has 1 aliphatic heterocycles. The monoisotopic (exact) mass is 292 g/mol. The molecule has 1 heterocycles. The fourth-order valence-electron chi connectivity index (χ4n) is 2.93. The number of likely N-dealkylation sites (tertiary alicyclic amines) is 1. The summed E-state index contributed by atoms with van der Waals surface area (Å²) in [5.41, 5.74) is -0.103. The summed E-state index contributed by atoms with van der Waals surface area (Å²) >= 11 is 0. The van der Waals surface area contributed by atoms with Gasteiger partial charge in [-0.15, -0.1) is 0 Å². The summed E-state index contributed by atoms with van der Waals surface area (Å²) in [5.74, 6) is -0.815. The number of benzene rings is 1. The van der Waals surface area contributed by atoms with Crippen LogP contribution in [0.25, 0.3) is 0 Å². The second kappa shape index (κ2) is 6.22. The zero-order valence-corrected chi connectivity index (χ0v) is 12.1. The lowest BCUT2D eigenvalue weighted by Crippen LogP contribution is -2.55. The number of aliphatic carboxylic acids is 1. The van der Waals surface area contributed by atoms with Crippen molar-refractivity contribution in [2.75, 3.05) is 13.1 Å². The minimum atomic E-state index is -0.859. The molecule has 6 nitrogen and oxygen atoms in total. The molecule has 0 bridgehead atoms. The van der Waals surface area contributed by atoms with Crippen LogP contribution < -0.4 is 0 Å². The van der Waals surface area contributed by atoms with E-state index in [0.717, 1.165) is 19.4 Å². The Morgan fingerprint density at radius 1 is 1.43 bits per heavy atom. The maximum atomic E-state index is 11.5. The lowest BCUT2D eigenvalue weighted by molar-refractivity contribution is -0.385. The smallest absolute Gasteiger partial charge is 0.323 e. The summed E-state index contributed by atoms with van der Waals surface area (Å²) in [7, 11) is 0. The Balaban J connectivity index is 2.12. The molecule has 1 unspecified atom stereocenters. The SMILES string of the molecule is CC1(C(=O)O)CCCCN1CCc1ccccc1[N+](=O)[O-]. The molecular weight excluding hydrogens is 272 g/mol. The van der Waals surface area contributed by atoms with Crippen LogP contribution >= 0.6 is 0 Å². The lowest BCUT2D eigenvalue weighted by atomic mass is 9.88. The van der Waals surface area contributed by atoms with E-state index in [9.17, 15) is 20.0 Å². The van der Waals surface area contributed by atoms with E-state index in [2.05, 4.69) is 0 Å². The van der Waals surface area contributed by atoms with E-state index in [1.807, 2.05) is 4.90 Å². The van der Waals surface area contributed by atoms with E-state index in [0.29, 0.717) is 24.9 Å². The van der Waals surface area contributed by atoms with Crippen LogP contribution in [0.15, 0.2) is 24.3 Å². The van der Waals surface area contributed by atoms with Gasteiger partial charge in [0.1, 0.15) is 5.54 Å². The summed E-state index contributed by atoms with van der Waals surface area (Å²) < 4.78 is 0. The predicted molar refractivity (Wildman–Crippen MR) is 78.3 cm³/mol. The van der Waals surface area contributed by atoms with Gasteiger partial charge in [-0.3, -0.25) is 19.8 Å². The van der Waals surface area contributed by atoms with Crippen LogP contribution in [0.4, 0.5) is 5.69 Å². The summed E-state index contributed by atoms with van der Waals surface area (Å²) in [4.78, 5) is 24.1. The molecule has 1 N–H and O–H groups in total. The van der Waals surface area contributed by atoms with Crippen molar-refractivity contribution in [1.82, 2.24) is 4.90 Å². The Hall–Kier alpha value is -1.95. The Morgan fingerprint density at radius 2 is 2.14 bits per heavy atom. The van der Waals surface area contributed by atoms with Gasteiger partial charge < -0.3 is 5.11 Å². The predicted octanol–water partition coefficient (Wildman–Crippen LogP) is 2.47. The van der Waals surface area contributed by atoms with Gasteiger partial charge in [-0.1, -0.05) is 18.2 Å². The molecule has 1 aliphatic rings. The molecule has 1 saturated heterocycles. The topological polar surface area (TPSA) is 83.7 Å². The number of para-hydroxylation sites is 1. The molecular formula is C15H20N2O4. The number of hydrogen-bond acceptors (Lipinski definition) is 4. The van der Waals surface area contributed by atoms with Crippen molar-refractivity contribution in [3.05, 3.63) is 39.9 Å².